The van der Waals surface area contributed by atoms with Crippen molar-refractivity contribution in [1.82, 2.24) is 0 Å². The van der Waals surface area contributed by atoms with Gasteiger partial charge in [0.15, 0.2) is 11.9 Å². The lowest BCUT2D eigenvalue weighted by Crippen LogP contribution is -2.15. The fourth-order valence-corrected chi connectivity index (χ4v) is 2.20. The first-order chi connectivity index (χ1) is 8.38. The van der Waals surface area contributed by atoms with Gasteiger partial charge in [0.1, 0.15) is 0 Å². The van der Waals surface area contributed by atoms with Crippen LogP contribution >= 0.6 is 23.4 Å². The van der Waals surface area contributed by atoms with Crippen molar-refractivity contribution in [1.29, 1.82) is 0 Å². The SMILES string of the molecule is CSc1ccc(C(=O)C(C)Cl)cc1C(O)C(=O)O. The van der Waals surface area contributed by atoms with Crippen LogP contribution in [0.4, 0.5) is 0 Å². The van der Waals surface area contributed by atoms with E-state index in [1.165, 1.54) is 17.8 Å². The Hall–Kier alpha value is -1.04. The Balaban J connectivity index is 3.25. The molecule has 1 aromatic rings. The minimum absolute atomic E-state index is 0.207. The van der Waals surface area contributed by atoms with Gasteiger partial charge >= 0.3 is 5.97 Å². The number of aliphatic hydroxyl groups excluding tert-OH is 1. The van der Waals surface area contributed by atoms with Gasteiger partial charge < -0.3 is 10.2 Å². The van der Waals surface area contributed by atoms with Gasteiger partial charge in [-0.2, -0.15) is 0 Å². The molecule has 2 N–H and O–H groups in total. The Bertz CT molecular complexity index is 473. The first-order valence-electron chi connectivity index (χ1n) is 5.15. The molecular formula is C12H13ClO4S. The molecular weight excluding hydrogens is 276 g/mol. The molecule has 2 atom stereocenters. The summed E-state index contributed by atoms with van der Waals surface area (Å²) in [6, 6.07) is 4.57. The van der Waals surface area contributed by atoms with Gasteiger partial charge in [-0.3, -0.25) is 4.79 Å². The molecule has 0 amide bonds. The summed E-state index contributed by atoms with van der Waals surface area (Å²) in [6.07, 6.45) is 0.116. The number of carboxylic acid groups (broad SMARTS) is 1. The van der Waals surface area contributed by atoms with E-state index in [0.29, 0.717) is 10.5 Å². The average molecular weight is 289 g/mol. The molecule has 0 radical (unpaired) electrons. The van der Waals surface area contributed by atoms with Crippen molar-refractivity contribution < 1.29 is 19.8 Å². The lowest BCUT2D eigenvalue weighted by molar-refractivity contribution is -0.147. The van der Waals surface area contributed by atoms with Gasteiger partial charge in [0.05, 0.1) is 5.38 Å². The van der Waals surface area contributed by atoms with E-state index in [2.05, 4.69) is 0 Å². The molecule has 98 valence electrons. The number of carboxylic acids is 1. The summed E-state index contributed by atoms with van der Waals surface area (Å²) >= 11 is 7.00. The third-order valence-corrected chi connectivity index (χ3v) is 3.41. The Kier molecular flexibility index (Phi) is 5.19. The number of rotatable bonds is 5. The van der Waals surface area contributed by atoms with Crippen LogP contribution in [-0.2, 0) is 4.79 Å². The van der Waals surface area contributed by atoms with Crippen LogP contribution in [0, 0.1) is 0 Å². The summed E-state index contributed by atoms with van der Waals surface area (Å²) < 4.78 is 0. The topological polar surface area (TPSA) is 74.6 Å². The van der Waals surface area contributed by atoms with Gasteiger partial charge in [0.25, 0.3) is 0 Å². The molecule has 0 aliphatic rings. The smallest absolute Gasteiger partial charge is 0.337 e. The lowest BCUT2D eigenvalue weighted by atomic mass is 10.0. The van der Waals surface area contributed by atoms with Crippen molar-refractivity contribution in [3.05, 3.63) is 29.3 Å². The minimum Gasteiger partial charge on any atom is -0.479 e. The molecule has 6 heteroatoms. The maximum Gasteiger partial charge on any atom is 0.337 e. The summed E-state index contributed by atoms with van der Waals surface area (Å²) in [5.74, 6) is -1.66. The second-order valence-electron chi connectivity index (χ2n) is 3.68. The number of carbonyl (C=O) groups excluding carboxylic acids is 1. The first kappa shape index (κ1) is 15.0. The van der Waals surface area contributed by atoms with Gasteiger partial charge in [-0.25, -0.2) is 4.79 Å². The van der Waals surface area contributed by atoms with Crippen molar-refractivity contribution in [2.45, 2.75) is 23.3 Å². The molecule has 0 aliphatic carbocycles. The molecule has 4 nitrogen and oxygen atoms in total. The molecule has 0 fully saturated rings. The van der Waals surface area contributed by atoms with E-state index >= 15 is 0 Å². The number of carbonyl (C=O) groups is 2. The largest absolute Gasteiger partial charge is 0.479 e. The molecule has 0 aliphatic heterocycles. The fourth-order valence-electron chi connectivity index (χ4n) is 1.46. The Morgan fingerprint density at radius 2 is 2.00 bits per heavy atom. The number of benzene rings is 1. The molecule has 0 saturated heterocycles. The van der Waals surface area contributed by atoms with Gasteiger partial charge in [0, 0.05) is 16.0 Å². The zero-order valence-electron chi connectivity index (χ0n) is 9.88. The minimum atomic E-state index is -1.65. The summed E-state index contributed by atoms with van der Waals surface area (Å²) in [7, 11) is 0. The van der Waals surface area contributed by atoms with Crippen molar-refractivity contribution >= 4 is 35.1 Å². The monoisotopic (exact) mass is 288 g/mol. The Morgan fingerprint density at radius 1 is 1.39 bits per heavy atom. The van der Waals surface area contributed by atoms with E-state index in [1.807, 2.05) is 0 Å². The molecule has 0 bridgehead atoms. The highest BCUT2D eigenvalue weighted by atomic mass is 35.5. The van der Waals surface area contributed by atoms with Crippen molar-refractivity contribution in [3.8, 4) is 0 Å². The Labute approximate surface area is 114 Å². The van der Waals surface area contributed by atoms with Crippen molar-refractivity contribution in [3.63, 3.8) is 0 Å². The normalized spacial score (nSPS) is 14.0. The van der Waals surface area contributed by atoms with E-state index in [-0.39, 0.29) is 11.3 Å². The van der Waals surface area contributed by atoms with E-state index in [1.54, 1.807) is 25.3 Å². The van der Waals surface area contributed by atoms with Crippen molar-refractivity contribution in [2.75, 3.05) is 6.26 Å². The molecule has 0 heterocycles. The van der Waals surface area contributed by atoms with E-state index in [4.69, 9.17) is 16.7 Å². The van der Waals surface area contributed by atoms with Crippen LogP contribution in [0.3, 0.4) is 0 Å². The quantitative estimate of drug-likeness (QED) is 0.494. The van der Waals surface area contributed by atoms with Crippen LogP contribution in [0.1, 0.15) is 28.9 Å². The average Bonchev–Trinajstić information content (AvgIpc) is 2.35. The highest BCUT2D eigenvalue weighted by molar-refractivity contribution is 7.98. The number of halogens is 1. The van der Waals surface area contributed by atoms with E-state index in [0.717, 1.165) is 0 Å². The first-order valence-corrected chi connectivity index (χ1v) is 6.81. The van der Waals surface area contributed by atoms with E-state index < -0.39 is 17.5 Å². The molecule has 0 aromatic heterocycles. The standard InChI is InChI=1S/C12H13ClO4S/c1-6(13)10(14)7-3-4-9(18-2)8(5-7)11(15)12(16)17/h3-6,11,15H,1-2H3,(H,16,17). The number of ketones is 1. The molecule has 1 rings (SSSR count). The van der Waals surface area contributed by atoms with Crippen LogP contribution in [0.15, 0.2) is 23.1 Å². The lowest BCUT2D eigenvalue weighted by Gasteiger charge is -2.13. The summed E-state index contributed by atoms with van der Waals surface area (Å²) in [4.78, 5) is 23.1. The van der Waals surface area contributed by atoms with Gasteiger partial charge in [-0.1, -0.05) is 6.07 Å². The molecule has 2 unspecified atom stereocenters. The molecule has 0 saturated carbocycles. The molecule has 0 spiro atoms. The highest BCUT2D eigenvalue weighted by Crippen LogP contribution is 2.28. The summed E-state index contributed by atoms with van der Waals surface area (Å²) in [6.45, 7) is 1.54. The number of aliphatic hydroxyl groups is 1. The number of Topliss-reactive ketones (excluding diaryl/α,β-unsaturated/α-hetero) is 1. The predicted octanol–water partition coefficient (Wildman–Crippen LogP) is 2.34. The second-order valence-corrected chi connectivity index (χ2v) is 5.18. The van der Waals surface area contributed by atoms with Crippen molar-refractivity contribution in [2.24, 2.45) is 0 Å². The van der Waals surface area contributed by atoms with Crippen LogP contribution in [0.25, 0.3) is 0 Å². The number of thioether (sulfide) groups is 1. The number of hydrogen-bond donors (Lipinski definition) is 2. The zero-order chi connectivity index (χ0) is 13.9. The van der Waals surface area contributed by atoms with Gasteiger partial charge in [0.2, 0.25) is 0 Å². The molecule has 18 heavy (non-hydrogen) atoms. The van der Waals surface area contributed by atoms with E-state index in [9.17, 15) is 14.7 Å². The highest BCUT2D eigenvalue weighted by Gasteiger charge is 2.22. The third kappa shape index (κ3) is 3.25. The number of alkyl halides is 1. The van der Waals surface area contributed by atoms with Crippen LogP contribution in [0.5, 0.6) is 0 Å². The van der Waals surface area contributed by atoms with Crippen LogP contribution in [0.2, 0.25) is 0 Å². The maximum absolute atomic E-state index is 11.7. The van der Waals surface area contributed by atoms with Crippen LogP contribution in [-0.4, -0.2) is 33.6 Å². The Morgan fingerprint density at radius 3 is 2.44 bits per heavy atom. The van der Waals surface area contributed by atoms with Gasteiger partial charge in [-0.05, 0) is 25.3 Å². The van der Waals surface area contributed by atoms with Gasteiger partial charge in [-0.15, -0.1) is 23.4 Å². The fraction of sp³-hybridized carbons (Fsp3) is 0.333. The number of hydrogen-bond acceptors (Lipinski definition) is 4. The summed E-state index contributed by atoms with van der Waals surface area (Å²) in [5.41, 5.74) is 0.503. The summed E-state index contributed by atoms with van der Waals surface area (Å²) in [5, 5.41) is 17.7. The maximum atomic E-state index is 11.7. The van der Waals surface area contributed by atoms with Crippen LogP contribution < -0.4 is 0 Å². The predicted molar refractivity (Wildman–Crippen MR) is 70.5 cm³/mol. The number of aliphatic carboxylic acids is 1. The third-order valence-electron chi connectivity index (χ3n) is 2.40. The second kappa shape index (κ2) is 6.22. The zero-order valence-corrected chi connectivity index (χ0v) is 11.5. The molecule has 1 aromatic carbocycles.